The first-order valence-electron chi connectivity index (χ1n) is 6.19. The lowest BCUT2D eigenvalue weighted by molar-refractivity contribution is 0.103. The fraction of sp³-hybridized carbons (Fsp3) is 0.200. The molecule has 0 spiro atoms. The van der Waals surface area contributed by atoms with Gasteiger partial charge in [-0.3, -0.25) is 9.78 Å². The van der Waals surface area contributed by atoms with Crippen molar-refractivity contribution in [2.45, 2.75) is 20.0 Å². The second-order valence-corrected chi connectivity index (χ2v) is 5.55. The maximum Gasteiger partial charge on any atom is 0.196 e. The molecule has 0 fully saturated rings. The molecule has 1 aromatic heterocycles. The normalized spacial score (nSPS) is 10.6. The number of nitrogens with two attached hydrogens (primary N) is 1. The van der Waals surface area contributed by atoms with E-state index in [9.17, 15) is 4.79 Å². The number of hydrogen-bond acceptors (Lipinski definition) is 4. The Kier molecular flexibility index (Phi) is 4.39. The van der Waals surface area contributed by atoms with E-state index in [0.29, 0.717) is 22.6 Å². The van der Waals surface area contributed by atoms with E-state index in [2.05, 4.69) is 20.9 Å². The van der Waals surface area contributed by atoms with Gasteiger partial charge in [0.15, 0.2) is 5.78 Å². The standard InChI is InChI=1S/C15H15BrN2O2/c1-9(2)20-12-5-10(7-18-8-12)15(19)13-6-11(16)3-4-14(13)17/h3-9H,17H2,1-2H3. The molecule has 0 aliphatic carbocycles. The number of anilines is 1. The number of nitrogen functional groups attached to an aromatic ring is 1. The van der Waals surface area contributed by atoms with Crippen LogP contribution in [0, 0.1) is 0 Å². The summed E-state index contributed by atoms with van der Waals surface area (Å²) in [6.07, 6.45) is 3.12. The molecule has 0 bridgehead atoms. The molecule has 0 aliphatic rings. The van der Waals surface area contributed by atoms with Gasteiger partial charge >= 0.3 is 0 Å². The average Bonchev–Trinajstić information content (AvgIpc) is 2.40. The summed E-state index contributed by atoms with van der Waals surface area (Å²) in [6, 6.07) is 6.87. The molecule has 2 rings (SSSR count). The Hall–Kier alpha value is -1.88. The van der Waals surface area contributed by atoms with Gasteiger partial charge in [-0.2, -0.15) is 0 Å². The number of nitrogens with zero attached hydrogens (tertiary/aromatic N) is 1. The first kappa shape index (κ1) is 14.5. The first-order chi connectivity index (χ1) is 9.47. The van der Waals surface area contributed by atoms with E-state index in [1.807, 2.05) is 13.8 Å². The summed E-state index contributed by atoms with van der Waals surface area (Å²) in [5.74, 6) is 0.393. The number of hydrogen-bond donors (Lipinski definition) is 1. The number of halogens is 1. The van der Waals surface area contributed by atoms with Gasteiger partial charge in [0.1, 0.15) is 5.75 Å². The van der Waals surface area contributed by atoms with E-state index in [-0.39, 0.29) is 11.9 Å². The number of pyridine rings is 1. The van der Waals surface area contributed by atoms with Crippen molar-refractivity contribution in [3.8, 4) is 5.75 Å². The van der Waals surface area contributed by atoms with Crippen LogP contribution < -0.4 is 10.5 Å². The zero-order valence-corrected chi connectivity index (χ0v) is 12.8. The number of carbonyl (C=O) groups is 1. The van der Waals surface area contributed by atoms with E-state index >= 15 is 0 Å². The molecule has 2 aromatic rings. The molecule has 1 aromatic carbocycles. The van der Waals surface area contributed by atoms with Gasteiger partial charge in [-0.25, -0.2) is 0 Å². The monoisotopic (exact) mass is 334 g/mol. The van der Waals surface area contributed by atoms with Gasteiger partial charge < -0.3 is 10.5 Å². The lowest BCUT2D eigenvalue weighted by atomic mass is 10.0. The van der Waals surface area contributed by atoms with Gasteiger partial charge in [-0.1, -0.05) is 15.9 Å². The lowest BCUT2D eigenvalue weighted by Gasteiger charge is -2.10. The maximum absolute atomic E-state index is 12.5. The molecule has 0 radical (unpaired) electrons. The smallest absolute Gasteiger partial charge is 0.196 e. The number of rotatable bonds is 4. The van der Waals surface area contributed by atoms with Crippen molar-refractivity contribution in [2.24, 2.45) is 0 Å². The molecule has 0 unspecified atom stereocenters. The Bertz CT molecular complexity index is 642. The summed E-state index contributed by atoms with van der Waals surface area (Å²) >= 11 is 3.34. The number of aromatic nitrogens is 1. The largest absolute Gasteiger partial charge is 0.489 e. The molecule has 5 heteroatoms. The summed E-state index contributed by atoms with van der Waals surface area (Å²) < 4.78 is 6.34. The number of ether oxygens (including phenoxy) is 1. The minimum absolute atomic E-state index is 0.0260. The zero-order chi connectivity index (χ0) is 14.7. The minimum Gasteiger partial charge on any atom is -0.489 e. The van der Waals surface area contributed by atoms with Gasteiger partial charge in [0, 0.05) is 27.5 Å². The van der Waals surface area contributed by atoms with E-state index in [1.54, 1.807) is 30.5 Å². The third-order valence-electron chi connectivity index (χ3n) is 2.61. The van der Waals surface area contributed by atoms with E-state index < -0.39 is 0 Å². The zero-order valence-electron chi connectivity index (χ0n) is 11.3. The predicted octanol–water partition coefficient (Wildman–Crippen LogP) is 3.44. The Labute approximate surface area is 126 Å². The second-order valence-electron chi connectivity index (χ2n) is 4.64. The van der Waals surface area contributed by atoms with Crippen LogP contribution in [0.4, 0.5) is 5.69 Å². The van der Waals surface area contributed by atoms with Crippen LogP contribution in [0.2, 0.25) is 0 Å². The molecule has 20 heavy (non-hydrogen) atoms. The Morgan fingerprint density at radius 2 is 2.05 bits per heavy atom. The van der Waals surface area contributed by atoms with E-state index in [1.165, 1.54) is 6.20 Å². The molecule has 2 N–H and O–H groups in total. The SMILES string of the molecule is CC(C)Oc1cncc(C(=O)c2cc(Br)ccc2N)c1. The van der Waals surface area contributed by atoms with Crippen molar-refractivity contribution in [1.82, 2.24) is 4.98 Å². The summed E-state index contributed by atoms with van der Waals surface area (Å²) in [7, 11) is 0. The van der Waals surface area contributed by atoms with Gasteiger partial charge in [-0.05, 0) is 38.1 Å². The van der Waals surface area contributed by atoms with Crippen LogP contribution in [0.25, 0.3) is 0 Å². The summed E-state index contributed by atoms with van der Waals surface area (Å²) in [5, 5.41) is 0. The van der Waals surface area contributed by atoms with Crippen molar-refractivity contribution in [1.29, 1.82) is 0 Å². The molecular weight excluding hydrogens is 320 g/mol. The summed E-state index contributed by atoms with van der Waals surface area (Å²) in [5.41, 5.74) is 7.19. The molecule has 0 saturated heterocycles. The van der Waals surface area contributed by atoms with Crippen LogP contribution in [-0.4, -0.2) is 16.9 Å². The van der Waals surface area contributed by atoms with E-state index in [4.69, 9.17) is 10.5 Å². The third kappa shape index (κ3) is 3.36. The first-order valence-corrected chi connectivity index (χ1v) is 6.98. The van der Waals surface area contributed by atoms with Crippen LogP contribution in [-0.2, 0) is 0 Å². The average molecular weight is 335 g/mol. The van der Waals surface area contributed by atoms with Crippen LogP contribution >= 0.6 is 15.9 Å². The molecule has 0 saturated carbocycles. The summed E-state index contributed by atoms with van der Waals surface area (Å²) in [6.45, 7) is 3.83. The van der Waals surface area contributed by atoms with Crippen LogP contribution in [0.5, 0.6) is 5.75 Å². The number of ketones is 1. The van der Waals surface area contributed by atoms with Gasteiger partial charge in [-0.15, -0.1) is 0 Å². The minimum atomic E-state index is -0.175. The van der Waals surface area contributed by atoms with Crippen molar-refractivity contribution >= 4 is 27.4 Å². The summed E-state index contributed by atoms with van der Waals surface area (Å²) in [4.78, 5) is 16.5. The Balaban J connectivity index is 2.35. The highest BCUT2D eigenvalue weighted by atomic mass is 79.9. The van der Waals surface area contributed by atoms with Crippen molar-refractivity contribution in [2.75, 3.05) is 5.73 Å². The fourth-order valence-corrected chi connectivity index (χ4v) is 2.12. The van der Waals surface area contributed by atoms with Crippen LogP contribution in [0.3, 0.4) is 0 Å². The molecule has 0 aliphatic heterocycles. The van der Waals surface area contributed by atoms with Crippen molar-refractivity contribution in [3.05, 3.63) is 52.3 Å². The van der Waals surface area contributed by atoms with Gasteiger partial charge in [0.05, 0.1) is 12.3 Å². The van der Waals surface area contributed by atoms with E-state index in [0.717, 1.165) is 4.47 Å². The quantitative estimate of drug-likeness (QED) is 0.687. The third-order valence-corrected chi connectivity index (χ3v) is 3.10. The molecule has 0 amide bonds. The molecule has 104 valence electrons. The highest BCUT2D eigenvalue weighted by Crippen LogP contribution is 2.23. The number of benzene rings is 1. The van der Waals surface area contributed by atoms with Gasteiger partial charge in [0.2, 0.25) is 0 Å². The highest BCUT2D eigenvalue weighted by molar-refractivity contribution is 9.10. The van der Waals surface area contributed by atoms with Crippen molar-refractivity contribution in [3.63, 3.8) is 0 Å². The van der Waals surface area contributed by atoms with Crippen molar-refractivity contribution < 1.29 is 9.53 Å². The topological polar surface area (TPSA) is 65.2 Å². The Morgan fingerprint density at radius 1 is 1.30 bits per heavy atom. The highest BCUT2D eigenvalue weighted by Gasteiger charge is 2.14. The molecule has 1 heterocycles. The van der Waals surface area contributed by atoms with Crippen LogP contribution in [0.1, 0.15) is 29.8 Å². The lowest BCUT2D eigenvalue weighted by Crippen LogP contribution is -2.09. The molecule has 4 nitrogen and oxygen atoms in total. The maximum atomic E-state index is 12.5. The number of carbonyl (C=O) groups excluding carboxylic acids is 1. The molecule has 0 atom stereocenters. The fourth-order valence-electron chi connectivity index (χ4n) is 1.76. The molecular formula is C15H15BrN2O2. The second kappa shape index (κ2) is 6.05. The van der Waals surface area contributed by atoms with Crippen LogP contribution in [0.15, 0.2) is 41.1 Å². The Morgan fingerprint density at radius 3 is 2.75 bits per heavy atom. The predicted molar refractivity (Wildman–Crippen MR) is 82.0 cm³/mol. The van der Waals surface area contributed by atoms with Gasteiger partial charge in [0.25, 0.3) is 0 Å².